The summed E-state index contributed by atoms with van der Waals surface area (Å²) < 4.78 is 30.8. The average Bonchev–Trinajstić information content (AvgIpc) is 3.19. The van der Waals surface area contributed by atoms with Crippen molar-refractivity contribution in [2.75, 3.05) is 20.6 Å². The molecule has 22 heavy (non-hydrogen) atoms. The van der Waals surface area contributed by atoms with Crippen molar-refractivity contribution in [1.82, 2.24) is 9.21 Å². The van der Waals surface area contributed by atoms with E-state index in [4.69, 9.17) is 4.42 Å². The molecule has 0 spiro atoms. The van der Waals surface area contributed by atoms with Crippen LogP contribution >= 0.6 is 11.3 Å². The molecule has 2 aromatic heterocycles. The minimum absolute atomic E-state index is 0.0133. The summed E-state index contributed by atoms with van der Waals surface area (Å²) in [5, 5.41) is 2.11. The van der Waals surface area contributed by atoms with E-state index < -0.39 is 10.0 Å². The second kappa shape index (κ2) is 6.16. The van der Waals surface area contributed by atoms with Crippen LogP contribution in [-0.4, -0.2) is 38.3 Å². The lowest BCUT2D eigenvalue weighted by Gasteiger charge is -2.22. The highest BCUT2D eigenvalue weighted by Gasteiger charge is 2.28. The molecule has 0 aromatic carbocycles. The molecule has 5 nitrogen and oxygen atoms in total. The van der Waals surface area contributed by atoms with Gasteiger partial charge in [-0.05, 0) is 43.0 Å². The van der Waals surface area contributed by atoms with Crippen LogP contribution in [0.5, 0.6) is 0 Å². The fourth-order valence-corrected chi connectivity index (χ4v) is 4.49. The third kappa shape index (κ3) is 2.99. The van der Waals surface area contributed by atoms with Gasteiger partial charge in [0, 0.05) is 25.0 Å². The van der Waals surface area contributed by atoms with Crippen molar-refractivity contribution in [3.8, 4) is 0 Å². The minimum atomic E-state index is -3.50. The summed E-state index contributed by atoms with van der Waals surface area (Å²) in [6.07, 6.45) is 2.30. The molecule has 0 radical (unpaired) electrons. The molecule has 3 heterocycles. The molecule has 0 aliphatic carbocycles. The van der Waals surface area contributed by atoms with Crippen LogP contribution in [0.2, 0.25) is 0 Å². The van der Waals surface area contributed by atoms with Gasteiger partial charge in [0.2, 0.25) is 5.09 Å². The zero-order valence-electron chi connectivity index (χ0n) is 12.7. The van der Waals surface area contributed by atoms with Crippen LogP contribution < -0.4 is 0 Å². The predicted octanol–water partition coefficient (Wildman–Crippen LogP) is 2.93. The second-order valence-corrected chi connectivity index (χ2v) is 8.71. The summed E-state index contributed by atoms with van der Waals surface area (Å²) in [4.78, 5) is 3.72. The van der Waals surface area contributed by atoms with Gasteiger partial charge >= 0.3 is 0 Å². The Bertz CT molecular complexity index is 720. The van der Waals surface area contributed by atoms with Gasteiger partial charge in [-0.1, -0.05) is 6.07 Å². The smallest absolute Gasteiger partial charge is 0.275 e. The van der Waals surface area contributed by atoms with E-state index >= 15 is 0 Å². The SMILES string of the molecule is CN(C)S(=O)(=O)c1ccc(CN2CCCC2c2cccs2)o1. The lowest BCUT2D eigenvalue weighted by atomic mass is 10.2. The van der Waals surface area contributed by atoms with Crippen LogP contribution in [-0.2, 0) is 16.6 Å². The Morgan fingerprint density at radius 3 is 2.86 bits per heavy atom. The Labute approximate surface area is 135 Å². The number of hydrogen-bond donors (Lipinski definition) is 0. The number of rotatable bonds is 5. The molecule has 120 valence electrons. The number of sulfonamides is 1. The average molecular weight is 340 g/mol. The molecular formula is C15H20N2O3S2. The summed E-state index contributed by atoms with van der Waals surface area (Å²) in [6.45, 7) is 1.66. The molecule has 3 rings (SSSR count). The molecule has 1 unspecified atom stereocenters. The first-order valence-corrected chi connectivity index (χ1v) is 9.59. The van der Waals surface area contributed by atoms with Gasteiger partial charge in [-0.25, -0.2) is 12.7 Å². The molecule has 1 aliphatic heterocycles. The molecule has 1 saturated heterocycles. The van der Waals surface area contributed by atoms with Crippen LogP contribution in [0.4, 0.5) is 0 Å². The van der Waals surface area contributed by atoms with E-state index in [-0.39, 0.29) is 5.09 Å². The molecule has 0 amide bonds. The normalized spacial score (nSPS) is 20.0. The van der Waals surface area contributed by atoms with E-state index in [0.717, 1.165) is 19.4 Å². The summed E-state index contributed by atoms with van der Waals surface area (Å²) in [7, 11) is -0.487. The standard InChI is InChI=1S/C15H20N2O3S2/c1-16(2)22(18,19)15-8-7-12(20-15)11-17-9-3-5-13(17)14-6-4-10-21-14/h4,6-8,10,13H,3,5,9,11H2,1-2H3. The monoisotopic (exact) mass is 340 g/mol. The highest BCUT2D eigenvalue weighted by molar-refractivity contribution is 7.88. The predicted molar refractivity (Wildman–Crippen MR) is 86.3 cm³/mol. The highest BCUT2D eigenvalue weighted by Crippen LogP contribution is 2.35. The maximum absolute atomic E-state index is 12.1. The molecule has 2 aromatic rings. The van der Waals surface area contributed by atoms with E-state index in [1.165, 1.54) is 23.3 Å². The van der Waals surface area contributed by atoms with Crippen LogP contribution in [0, 0.1) is 0 Å². The summed E-state index contributed by atoms with van der Waals surface area (Å²) in [6, 6.07) is 7.96. The Balaban J connectivity index is 1.75. The Morgan fingerprint density at radius 2 is 2.18 bits per heavy atom. The molecule has 1 atom stereocenters. The highest BCUT2D eigenvalue weighted by atomic mass is 32.2. The van der Waals surface area contributed by atoms with Gasteiger partial charge in [0.15, 0.2) is 0 Å². The molecule has 1 aliphatic rings. The maximum atomic E-state index is 12.1. The fourth-order valence-electron chi connectivity index (χ4n) is 2.78. The van der Waals surface area contributed by atoms with Crippen molar-refractivity contribution in [2.45, 2.75) is 30.5 Å². The van der Waals surface area contributed by atoms with E-state index in [9.17, 15) is 8.42 Å². The van der Waals surface area contributed by atoms with E-state index in [0.29, 0.717) is 18.3 Å². The van der Waals surface area contributed by atoms with Crippen LogP contribution in [0.15, 0.2) is 39.2 Å². The zero-order chi connectivity index (χ0) is 15.7. The third-order valence-electron chi connectivity index (χ3n) is 3.97. The lowest BCUT2D eigenvalue weighted by molar-refractivity contribution is 0.223. The molecule has 7 heteroatoms. The topological polar surface area (TPSA) is 53.8 Å². The Kier molecular flexibility index (Phi) is 4.40. The number of hydrogen-bond acceptors (Lipinski definition) is 5. The van der Waals surface area contributed by atoms with Crippen LogP contribution in [0.25, 0.3) is 0 Å². The van der Waals surface area contributed by atoms with Crippen molar-refractivity contribution in [3.05, 3.63) is 40.3 Å². The molecule has 0 bridgehead atoms. The first-order valence-electron chi connectivity index (χ1n) is 7.27. The van der Waals surface area contributed by atoms with Gasteiger partial charge in [0.25, 0.3) is 10.0 Å². The van der Waals surface area contributed by atoms with Crippen molar-refractivity contribution in [1.29, 1.82) is 0 Å². The third-order valence-corrected chi connectivity index (χ3v) is 6.63. The van der Waals surface area contributed by atoms with Gasteiger partial charge in [-0.3, -0.25) is 4.90 Å². The van der Waals surface area contributed by atoms with E-state index in [1.54, 1.807) is 23.5 Å². The number of furan rings is 1. The Morgan fingerprint density at radius 1 is 1.36 bits per heavy atom. The lowest BCUT2D eigenvalue weighted by Crippen LogP contribution is -2.22. The number of thiophene rings is 1. The van der Waals surface area contributed by atoms with Gasteiger partial charge < -0.3 is 4.42 Å². The first-order chi connectivity index (χ1) is 10.5. The zero-order valence-corrected chi connectivity index (χ0v) is 14.4. The maximum Gasteiger partial charge on any atom is 0.275 e. The van der Waals surface area contributed by atoms with Crippen molar-refractivity contribution >= 4 is 21.4 Å². The van der Waals surface area contributed by atoms with E-state index in [1.807, 2.05) is 0 Å². The fraction of sp³-hybridized carbons (Fsp3) is 0.467. The summed E-state index contributed by atoms with van der Waals surface area (Å²) in [5.41, 5.74) is 0. The number of likely N-dealkylation sites (tertiary alicyclic amines) is 1. The molecule has 0 saturated carbocycles. The van der Waals surface area contributed by atoms with Gasteiger partial charge in [0.1, 0.15) is 5.76 Å². The largest absolute Gasteiger partial charge is 0.447 e. The molecule has 1 fully saturated rings. The molecular weight excluding hydrogens is 320 g/mol. The van der Waals surface area contributed by atoms with Crippen molar-refractivity contribution < 1.29 is 12.8 Å². The van der Waals surface area contributed by atoms with E-state index in [2.05, 4.69) is 22.4 Å². The Hall–Kier alpha value is -1.15. The van der Waals surface area contributed by atoms with Gasteiger partial charge in [0.05, 0.1) is 6.54 Å². The van der Waals surface area contributed by atoms with Gasteiger partial charge in [-0.15, -0.1) is 11.3 Å². The quantitative estimate of drug-likeness (QED) is 0.840. The first kappa shape index (κ1) is 15.7. The molecule has 0 N–H and O–H groups in total. The van der Waals surface area contributed by atoms with Crippen LogP contribution in [0.3, 0.4) is 0 Å². The van der Waals surface area contributed by atoms with Crippen molar-refractivity contribution in [3.63, 3.8) is 0 Å². The van der Waals surface area contributed by atoms with Crippen LogP contribution in [0.1, 0.15) is 29.5 Å². The minimum Gasteiger partial charge on any atom is -0.447 e. The van der Waals surface area contributed by atoms with Gasteiger partial charge in [-0.2, -0.15) is 0 Å². The summed E-state index contributed by atoms with van der Waals surface area (Å²) >= 11 is 1.77. The van der Waals surface area contributed by atoms with Crippen molar-refractivity contribution in [2.24, 2.45) is 0 Å². The summed E-state index contributed by atoms with van der Waals surface area (Å²) in [5.74, 6) is 0.698. The number of nitrogens with zero attached hydrogens (tertiary/aromatic N) is 2. The second-order valence-electron chi connectivity index (χ2n) is 5.65.